The Labute approximate surface area is 167 Å². The molecular weight excluding hydrogens is 362 g/mol. The smallest absolute Gasteiger partial charge is 0.251 e. The van der Waals surface area contributed by atoms with E-state index in [-0.39, 0.29) is 29.6 Å². The van der Waals surface area contributed by atoms with E-state index in [1.54, 1.807) is 24.3 Å². The molecule has 0 saturated heterocycles. The Balaban J connectivity index is 0.00000364. The van der Waals surface area contributed by atoms with Crippen molar-refractivity contribution in [2.75, 3.05) is 11.9 Å². The fourth-order valence-corrected chi connectivity index (χ4v) is 2.39. The van der Waals surface area contributed by atoms with Crippen LogP contribution in [0.2, 0.25) is 0 Å². The van der Waals surface area contributed by atoms with E-state index in [4.69, 9.17) is 5.73 Å². The maximum atomic E-state index is 12.2. The van der Waals surface area contributed by atoms with Gasteiger partial charge >= 0.3 is 0 Å². The monoisotopic (exact) mass is 389 g/mol. The predicted molar refractivity (Wildman–Crippen MR) is 112 cm³/mol. The second-order valence-corrected chi connectivity index (χ2v) is 7.40. The largest absolute Gasteiger partial charge is 0.352 e. The van der Waals surface area contributed by atoms with E-state index >= 15 is 0 Å². The first kappa shape index (κ1) is 22.7. The Kier molecular flexibility index (Phi) is 8.47. The van der Waals surface area contributed by atoms with Crippen molar-refractivity contribution >= 4 is 29.9 Å². The minimum Gasteiger partial charge on any atom is -0.352 e. The van der Waals surface area contributed by atoms with Crippen LogP contribution in [0.4, 0.5) is 5.69 Å². The van der Waals surface area contributed by atoms with Gasteiger partial charge in [-0.3, -0.25) is 9.59 Å². The van der Waals surface area contributed by atoms with Crippen LogP contribution in [0, 0.1) is 5.41 Å². The average molecular weight is 390 g/mol. The van der Waals surface area contributed by atoms with Gasteiger partial charge in [0.15, 0.2) is 0 Å². The van der Waals surface area contributed by atoms with Crippen LogP contribution in [-0.4, -0.2) is 24.4 Å². The maximum absolute atomic E-state index is 12.2. The van der Waals surface area contributed by atoms with Crippen molar-refractivity contribution in [1.29, 1.82) is 0 Å². The molecular formula is C21H28ClN3O2. The Morgan fingerprint density at radius 3 is 2.15 bits per heavy atom. The standard InChI is InChI=1S/C21H27N3O2.ClH/c1-21(2,3)18(22)20(26)24-17-11-9-16(10-12-17)19(25)23-14-13-15-7-5-4-6-8-15;/h4-12,18H,13-14,22H2,1-3H3,(H,23,25)(H,24,26);1H/t18-;/m1./s1. The lowest BCUT2D eigenvalue weighted by atomic mass is 9.87. The number of benzene rings is 2. The first-order valence-corrected chi connectivity index (χ1v) is 8.76. The molecule has 0 bridgehead atoms. The van der Waals surface area contributed by atoms with Gasteiger partial charge in [0, 0.05) is 17.8 Å². The zero-order valence-corrected chi connectivity index (χ0v) is 16.8. The summed E-state index contributed by atoms with van der Waals surface area (Å²) in [6.07, 6.45) is 0.783. The number of anilines is 1. The van der Waals surface area contributed by atoms with Gasteiger partial charge in [0.1, 0.15) is 0 Å². The van der Waals surface area contributed by atoms with Gasteiger partial charge in [-0.1, -0.05) is 51.1 Å². The molecule has 2 amide bonds. The molecule has 1 atom stereocenters. The third-order valence-electron chi connectivity index (χ3n) is 4.17. The molecule has 0 aromatic heterocycles. The highest BCUT2D eigenvalue weighted by atomic mass is 35.5. The van der Waals surface area contributed by atoms with Crippen molar-refractivity contribution < 1.29 is 9.59 Å². The SMILES string of the molecule is CC(C)(C)[C@H](N)C(=O)Nc1ccc(C(=O)NCCc2ccccc2)cc1.Cl. The Morgan fingerprint density at radius 2 is 1.59 bits per heavy atom. The minimum absolute atomic E-state index is 0. The molecule has 0 fully saturated rings. The van der Waals surface area contributed by atoms with E-state index in [1.165, 1.54) is 5.56 Å². The summed E-state index contributed by atoms with van der Waals surface area (Å²) in [7, 11) is 0. The molecule has 5 nitrogen and oxygen atoms in total. The molecule has 0 aliphatic heterocycles. The van der Waals surface area contributed by atoms with Gasteiger partial charge in [0.05, 0.1) is 6.04 Å². The quantitative estimate of drug-likeness (QED) is 0.707. The van der Waals surface area contributed by atoms with Gasteiger partial charge in [-0.25, -0.2) is 0 Å². The number of nitrogens with one attached hydrogen (secondary N) is 2. The average Bonchev–Trinajstić information content (AvgIpc) is 2.61. The number of amides is 2. The topological polar surface area (TPSA) is 84.2 Å². The summed E-state index contributed by atoms with van der Waals surface area (Å²) in [6.45, 7) is 6.32. The van der Waals surface area contributed by atoms with Crippen molar-refractivity contribution in [3.05, 3.63) is 65.7 Å². The minimum atomic E-state index is -0.608. The van der Waals surface area contributed by atoms with Crippen LogP contribution < -0.4 is 16.4 Å². The van der Waals surface area contributed by atoms with Crippen LogP contribution in [0.15, 0.2) is 54.6 Å². The highest BCUT2D eigenvalue weighted by molar-refractivity contribution is 5.97. The molecule has 0 aliphatic rings. The van der Waals surface area contributed by atoms with Gasteiger partial charge < -0.3 is 16.4 Å². The lowest BCUT2D eigenvalue weighted by Crippen LogP contribution is -2.45. The van der Waals surface area contributed by atoms with Crippen LogP contribution >= 0.6 is 12.4 Å². The number of carbonyl (C=O) groups is 2. The third-order valence-corrected chi connectivity index (χ3v) is 4.17. The lowest BCUT2D eigenvalue weighted by Gasteiger charge is -2.25. The van der Waals surface area contributed by atoms with Crippen LogP contribution in [-0.2, 0) is 11.2 Å². The van der Waals surface area contributed by atoms with Gasteiger partial charge in [0.2, 0.25) is 5.91 Å². The van der Waals surface area contributed by atoms with Crippen LogP contribution in [0.5, 0.6) is 0 Å². The highest BCUT2D eigenvalue weighted by Crippen LogP contribution is 2.19. The molecule has 27 heavy (non-hydrogen) atoms. The Bertz CT molecular complexity index is 740. The maximum Gasteiger partial charge on any atom is 0.251 e. The van der Waals surface area contributed by atoms with Crippen LogP contribution in [0.25, 0.3) is 0 Å². The molecule has 2 rings (SSSR count). The molecule has 146 valence electrons. The summed E-state index contributed by atoms with van der Waals surface area (Å²) in [5, 5.41) is 5.68. The molecule has 0 unspecified atom stereocenters. The molecule has 0 saturated carbocycles. The van der Waals surface area contributed by atoms with Crippen LogP contribution in [0.3, 0.4) is 0 Å². The van der Waals surface area contributed by atoms with Gasteiger partial charge in [-0.05, 0) is 41.7 Å². The summed E-state index contributed by atoms with van der Waals surface area (Å²) < 4.78 is 0. The number of halogens is 1. The number of carbonyl (C=O) groups excluding carboxylic acids is 2. The van der Waals surface area contributed by atoms with E-state index in [0.717, 1.165) is 6.42 Å². The number of rotatable bonds is 6. The van der Waals surface area contributed by atoms with Gasteiger partial charge in [0.25, 0.3) is 5.91 Å². The zero-order chi connectivity index (χ0) is 19.2. The third kappa shape index (κ3) is 7.04. The summed E-state index contributed by atoms with van der Waals surface area (Å²) in [4.78, 5) is 24.3. The zero-order valence-electron chi connectivity index (χ0n) is 16.0. The fourth-order valence-electron chi connectivity index (χ4n) is 2.39. The molecule has 2 aromatic rings. The van der Waals surface area contributed by atoms with Crippen molar-refractivity contribution in [2.24, 2.45) is 11.1 Å². The first-order valence-electron chi connectivity index (χ1n) is 8.76. The Morgan fingerprint density at radius 1 is 1.00 bits per heavy atom. The summed E-state index contributed by atoms with van der Waals surface area (Å²) >= 11 is 0. The molecule has 0 aliphatic carbocycles. The molecule has 4 N–H and O–H groups in total. The summed E-state index contributed by atoms with van der Waals surface area (Å²) in [5.41, 5.74) is 7.98. The molecule has 0 spiro atoms. The van der Waals surface area contributed by atoms with E-state index in [9.17, 15) is 9.59 Å². The normalized spacial score (nSPS) is 11.9. The van der Waals surface area contributed by atoms with Gasteiger partial charge in [-0.2, -0.15) is 0 Å². The second kappa shape index (κ2) is 10.1. The van der Waals surface area contributed by atoms with Crippen molar-refractivity contribution in [3.8, 4) is 0 Å². The molecule has 0 heterocycles. The first-order chi connectivity index (χ1) is 12.3. The lowest BCUT2D eigenvalue weighted by molar-refractivity contribution is -0.119. The van der Waals surface area contributed by atoms with E-state index in [1.807, 2.05) is 51.1 Å². The van der Waals surface area contributed by atoms with Crippen molar-refractivity contribution in [1.82, 2.24) is 5.32 Å². The van der Waals surface area contributed by atoms with Crippen LogP contribution in [0.1, 0.15) is 36.7 Å². The van der Waals surface area contributed by atoms with Gasteiger partial charge in [-0.15, -0.1) is 12.4 Å². The van der Waals surface area contributed by atoms with E-state index < -0.39 is 6.04 Å². The number of nitrogens with two attached hydrogens (primary N) is 1. The number of hydrogen-bond acceptors (Lipinski definition) is 3. The van der Waals surface area contributed by atoms with E-state index in [2.05, 4.69) is 10.6 Å². The second-order valence-electron chi connectivity index (χ2n) is 7.40. The Hall–Kier alpha value is -2.37. The van der Waals surface area contributed by atoms with E-state index in [0.29, 0.717) is 17.8 Å². The fraction of sp³-hybridized carbons (Fsp3) is 0.333. The number of hydrogen-bond donors (Lipinski definition) is 3. The van der Waals surface area contributed by atoms with Crippen molar-refractivity contribution in [2.45, 2.75) is 33.2 Å². The summed E-state index contributed by atoms with van der Waals surface area (Å²) in [6, 6.07) is 16.2. The van der Waals surface area contributed by atoms with Crippen molar-refractivity contribution in [3.63, 3.8) is 0 Å². The summed E-state index contributed by atoms with van der Waals surface area (Å²) in [5.74, 6) is -0.372. The highest BCUT2D eigenvalue weighted by Gasteiger charge is 2.27. The molecule has 6 heteroatoms. The molecule has 0 radical (unpaired) electrons. The molecule has 2 aromatic carbocycles. The predicted octanol–water partition coefficient (Wildman–Crippen LogP) is 3.39.